The maximum absolute atomic E-state index is 4.72. The first kappa shape index (κ1) is 15.9. The van der Waals surface area contributed by atoms with E-state index in [0.717, 1.165) is 66.7 Å². The lowest BCUT2D eigenvalue weighted by molar-refractivity contribution is 0.778. The summed E-state index contributed by atoms with van der Waals surface area (Å²) in [6.45, 7) is 5.45. The molecule has 0 unspecified atom stereocenters. The monoisotopic (exact) mass is 364 g/mol. The molecular formula is C17H20N10. The summed E-state index contributed by atoms with van der Waals surface area (Å²) in [5.74, 6) is 2.60. The molecule has 27 heavy (non-hydrogen) atoms. The highest BCUT2D eigenvalue weighted by molar-refractivity contribution is 5.87. The molecule has 1 saturated heterocycles. The van der Waals surface area contributed by atoms with Crippen molar-refractivity contribution in [1.82, 2.24) is 39.3 Å². The van der Waals surface area contributed by atoms with E-state index in [2.05, 4.69) is 35.1 Å². The Bertz CT molecular complexity index is 1110. The summed E-state index contributed by atoms with van der Waals surface area (Å²) in [4.78, 5) is 18.4. The Balaban J connectivity index is 1.46. The Hall–Kier alpha value is -3.30. The van der Waals surface area contributed by atoms with Gasteiger partial charge in [-0.15, -0.1) is 10.2 Å². The Morgan fingerprint density at radius 2 is 1.78 bits per heavy atom. The molecule has 10 heteroatoms. The van der Waals surface area contributed by atoms with Gasteiger partial charge in [0.2, 0.25) is 5.65 Å². The lowest BCUT2D eigenvalue weighted by Gasteiger charge is -2.24. The molecule has 4 aromatic heterocycles. The van der Waals surface area contributed by atoms with E-state index in [4.69, 9.17) is 4.98 Å². The highest BCUT2D eigenvalue weighted by Crippen LogP contribution is 2.25. The van der Waals surface area contributed by atoms with Crippen LogP contribution in [0.3, 0.4) is 0 Å². The number of hydrogen-bond donors (Lipinski definition) is 0. The van der Waals surface area contributed by atoms with Gasteiger partial charge in [0.05, 0.1) is 11.6 Å². The SMILES string of the molecule is Cc1nc(N2CCCN(c3nccn4cnnc34)CC2)c2cnn(C)c2n1. The van der Waals surface area contributed by atoms with Crippen molar-refractivity contribution >= 4 is 28.3 Å². The van der Waals surface area contributed by atoms with E-state index in [-0.39, 0.29) is 0 Å². The molecule has 1 fully saturated rings. The summed E-state index contributed by atoms with van der Waals surface area (Å²) in [7, 11) is 1.91. The molecule has 1 aliphatic heterocycles. The third kappa shape index (κ3) is 2.64. The van der Waals surface area contributed by atoms with Gasteiger partial charge in [-0.2, -0.15) is 5.10 Å². The summed E-state index contributed by atoms with van der Waals surface area (Å²) in [5, 5.41) is 13.6. The van der Waals surface area contributed by atoms with Crippen LogP contribution in [-0.2, 0) is 7.05 Å². The van der Waals surface area contributed by atoms with Crippen LogP contribution in [0.15, 0.2) is 24.9 Å². The Morgan fingerprint density at radius 3 is 2.63 bits per heavy atom. The molecule has 138 valence electrons. The first-order chi connectivity index (χ1) is 13.2. The first-order valence-corrected chi connectivity index (χ1v) is 9.01. The first-order valence-electron chi connectivity index (χ1n) is 9.01. The van der Waals surface area contributed by atoms with E-state index in [1.165, 1.54) is 0 Å². The van der Waals surface area contributed by atoms with Crippen molar-refractivity contribution in [3.8, 4) is 0 Å². The van der Waals surface area contributed by atoms with Gasteiger partial charge >= 0.3 is 0 Å². The Labute approximate surface area is 155 Å². The van der Waals surface area contributed by atoms with Crippen LogP contribution in [0.5, 0.6) is 0 Å². The second-order valence-electron chi connectivity index (χ2n) is 6.74. The number of rotatable bonds is 2. The number of hydrogen-bond acceptors (Lipinski definition) is 8. The van der Waals surface area contributed by atoms with Crippen molar-refractivity contribution in [2.24, 2.45) is 7.05 Å². The van der Waals surface area contributed by atoms with Gasteiger partial charge < -0.3 is 9.80 Å². The molecule has 0 atom stereocenters. The van der Waals surface area contributed by atoms with Crippen molar-refractivity contribution in [1.29, 1.82) is 0 Å². The second kappa shape index (κ2) is 6.15. The molecule has 0 N–H and O–H groups in total. The van der Waals surface area contributed by atoms with E-state index in [0.29, 0.717) is 0 Å². The second-order valence-corrected chi connectivity index (χ2v) is 6.74. The standard InChI is InChI=1S/C17H20N10/c1-12-21-14-13(10-20-24(14)2)15(22-12)25-5-3-6-26(9-8-25)16-17-23-19-11-27(17)7-4-18-16/h4,7,10-11H,3,5-6,8-9H2,1-2H3. The highest BCUT2D eigenvalue weighted by atomic mass is 15.3. The van der Waals surface area contributed by atoms with Crippen LogP contribution in [-0.4, -0.2) is 65.5 Å². The minimum absolute atomic E-state index is 0.761. The molecule has 0 bridgehead atoms. The van der Waals surface area contributed by atoms with Crippen LogP contribution in [0.2, 0.25) is 0 Å². The maximum atomic E-state index is 4.72. The number of anilines is 2. The van der Waals surface area contributed by atoms with Crippen molar-refractivity contribution in [2.75, 3.05) is 36.0 Å². The number of nitrogens with zero attached hydrogens (tertiary/aromatic N) is 10. The van der Waals surface area contributed by atoms with Crippen molar-refractivity contribution in [3.05, 3.63) is 30.7 Å². The fraction of sp³-hybridized carbons (Fsp3) is 0.412. The molecule has 0 spiro atoms. The van der Waals surface area contributed by atoms with Crippen LogP contribution in [0, 0.1) is 6.92 Å². The average Bonchev–Trinajstić information content (AvgIpc) is 3.21. The summed E-state index contributed by atoms with van der Waals surface area (Å²) in [6, 6.07) is 0. The lowest BCUT2D eigenvalue weighted by Crippen LogP contribution is -2.32. The highest BCUT2D eigenvalue weighted by Gasteiger charge is 2.22. The minimum Gasteiger partial charge on any atom is -0.354 e. The van der Waals surface area contributed by atoms with E-state index in [1.807, 2.05) is 30.8 Å². The summed E-state index contributed by atoms with van der Waals surface area (Å²) in [5.41, 5.74) is 1.66. The van der Waals surface area contributed by atoms with E-state index < -0.39 is 0 Å². The van der Waals surface area contributed by atoms with Gasteiger partial charge in [-0.25, -0.2) is 15.0 Å². The summed E-state index contributed by atoms with van der Waals surface area (Å²) < 4.78 is 3.70. The van der Waals surface area contributed by atoms with Crippen LogP contribution in [0.1, 0.15) is 12.2 Å². The minimum atomic E-state index is 0.761. The quantitative estimate of drug-likeness (QED) is 0.516. The van der Waals surface area contributed by atoms with Gasteiger partial charge in [0, 0.05) is 45.6 Å². The predicted molar refractivity (Wildman–Crippen MR) is 101 cm³/mol. The largest absolute Gasteiger partial charge is 0.354 e. The molecule has 0 saturated carbocycles. The predicted octanol–water partition coefficient (Wildman–Crippen LogP) is 0.826. The smallest absolute Gasteiger partial charge is 0.203 e. The molecule has 4 aromatic rings. The zero-order valence-corrected chi connectivity index (χ0v) is 15.3. The molecule has 0 amide bonds. The molecule has 10 nitrogen and oxygen atoms in total. The number of aryl methyl sites for hydroxylation is 2. The van der Waals surface area contributed by atoms with Gasteiger partial charge in [-0.05, 0) is 13.3 Å². The zero-order chi connectivity index (χ0) is 18.4. The van der Waals surface area contributed by atoms with Gasteiger partial charge in [0.1, 0.15) is 18.0 Å². The molecule has 5 rings (SSSR count). The third-order valence-electron chi connectivity index (χ3n) is 4.98. The third-order valence-corrected chi connectivity index (χ3v) is 4.98. The van der Waals surface area contributed by atoms with E-state index in [9.17, 15) is 0 Å². The zero-order valence-electron chi connectivity index (χ0n) is 15.3. The summed E-state index contributed by atoms with van der Waals surface area (Å²) >= 11 is 0. The van der Waals surface area contributed by atoms with Gasteiger partial charge in [-0.3, -0.25) is 9.08 Å². The topological polar surface area (TPSA) is 93.2 Å². The molecule has 5 heterocycles. The number of fused-ring (bicyclic) bond motifs is 2. The summed E-state index contributed by atoms with van der Waals surface area (Å²) in [6.07, 6.45) is 8.22. The molecule has 0 aliphatic carbocycles. The van der Waals surface area contributed by atoms with Gasteiger partial charge in [0.15, 0.2) is 11.5 Å². The fourth-order valence-corrected chi connectivity index (χ4v) is 3.66. The lowest BCUT2D eigenvalue weighted by atomic mass is 10.3. The Kier molecular flexibility index (Phi) is 3.62. The van der Waals surface area contributed by atoms with Crippen molar-refractivity contribution in [2.45, 2.75) is 13.3 Å². The molecular weight excluding hydrogens is 344 g/mol. The maximum Gasteiger partial charge on any atom is 0.203 e. The normalized spacial score (nSPS) is 15.6. The van der Waals surface area contributed by atoms with Gasteiger partial charge in [0.25, 0.3) is 0 Å². The fourth-order valence-electron chi connectivity index (χ4n) is 3.66. The van der Waals surface area contributed by atoms with Crippen molar-refractivity contribution in [3.63, 3.8) is 0 Å². The molecule has 1 aliphatic rings. The van der Waals surface area contributed by atoms with Crippen LogP contribution < -0.4 is 9.80 Å². The molecule has 0 aromatic carbocycles. The number of aromatic nitrogens is 8. The van der Waals surface area contributed by atoms with E-state index in [1.54, 1.807) is 17.2 Å². The Morgan fingerprint density at radius 1 is 0.963 bits per heavy atom. The van der Waals surface area contributed by atoms with Crippen LogP contribution >= 0.6 is 0 Å². The molecule has 0 radical (unpaired) electrons. The van der Waals surface area contributed by atoms with Crippen LogP contribution in [0.25, 0.3) is 16.7 Å². The average molecular weight is 364 g/mol. The van der Waals surface area contributed by atoms with Gasteiger partial charge in [-0.1, -0.05) is 0 Å². The van der Waals surface area contributed by atoms with Crippen molar-refractivity contribution < 1.29 is 0 Å². The van der Waals surface area contributed by atoms with E-state index >= 15 is 0 Å². The van der Waals surface area contributed by atoms with Crippen LogP contribution in [0.4, 0.5) is 11.6 Å².